The summed E-state index contributed by atoms with van der Waals surface area (Å²) >= 11 is 0. The molecule has 1 saturated carbocycles. The highest BCUT2D eigenvalue weighted by Crippen LogP contribution is 2.37. The van der Waals surface area contributed by atoms with Crippen molar-refractivity contribution in [2.45, 2.75) is 51.7 Å². The van der Waals surface area contributed by atoms with Gasteiger partial charge in [0.25, 0.3) is 0 Å². The van der Waals surface area contributed by atoms with E-state index in [0.29, 0.717) is 24.9 Å². The maximum Gasteiger partial charge on any atom is 0.224 e. The van der Waals surface area contributed by atoms with Crippen molar-refractivity contribution in [3.63, 3.8) is 0 Å². The maximum absolute atomic E-state index is 13.8. The first-order valence-electron chi connectivity index (χ1n) is 10.4. The number of nitrogens with one attached hydrogen (secondary N) is 2. The molecule has 164 valence electrons. The zero-order valence-electron chi connectivity index (χ0n) is 17.7. The molecular formula is C22H30FN3O4. The summed E-state index contributed by atoms with van der Waals surface area (Å²) < 4.78 is 19.4. The molecule has 1 aliphatic heterocycles. The van der Waals surface area contributed by atoms with Gasteiger partial charge in [-0.15, -0.1) is 0 Å². The lowest BCUT2D eigenvalue weighted by Crippen LogP contribution is -2.49. The van der Waals surface area contributed by atoms with Crippen molar-refractivity contribution in [1.82, 2.24) is 10.2 Å². The maximum atomic E-state index is 13.8. The van der Waals surface area contributed by atoms with E-state index in [2.05, 4.69) is 10.6 Å². The second-order valence-electron chi connectivity index (χ2n) is 8.40. The van der Waals surface area contributed by atoms with Crippen LogP contribution in [0.4, 0.5) is 10.1 Å². The minimum absolute atomic E-state index is 0.00720. The Hall–Kier alpha value is -2.48. The Labute approximate surface area is 176 Å². The van der Waals surface area contributed by atoms with E-state index in [1.807, 2.05) is 6.92 Å². The number of halogens is 1. The standard InChI is InChI=1S/C22H30FN3O4/c1-13-4-5-17(23)18(8-13)25-21(28)6-7-22(29)26-11-15-9-19(24-14(2)27)20(30-3)10-16(15)12-26/h4-5,8,15-16,19-20H,6-7,9-12H2,1-3H3,(H,24,27)(H,25,28)/t15-,16+,19-,20-/m1/s1. The highest BCUT2D eigenvalue weighted by Gasteiger charge is 2.43. The molecule has 0 unspecified atom stereocenters. The van der Waals surface area contributed by atoms with E-state index >= 15 is 0 Å². The van der Waals surface area contributed by atoms with Crippen LogP contribution < -0.4 is 10.6 Å². The third-order valence-electron chi connectivity index (χ3n) is 6.12. The average molecular weight is 419 g/mol. The van der Waals surface area contributed by atoms with Crippen molar-refractivity contribution in [2.75, 3.05) is 25.5 Å². The number of hydrogen-bond donors (Lipinski definition) is 2. The second-order valence-corrected chi connectivity index (χ2v) is 8.40. The quantitative estimate of drug-likeness (QED) is 0.740. The third-order valence-corrected chi connectivity index (χ3v) is 6.12. The Morgan fingerprint density at radius 3 is 2.53 bits per heavy atom. The molecule has 1 aromatic carbocycles. The molecule has 8 heteroatoms. The smallest absolute Gasteiger partial charge is 0.224 e. The second kappa shape index (κ2) is 9.55. The minimum Gasteiger partial charge on any atom is -0.379 e. The van der Waals surface area contributed by atoms with Gasteiger partial charge in [-0.3, -0.25) is 14.4 Å². The van der Waals surface area contributed by atoms with Crippen LogP contribution in [0.2, 0.25) is 0 Å². The van der Waals surface area contributed by atoms with Gasteiger partial charge in [0, 0.05) is 40.0 Å². The van der Waals surface area contributed by atoms with E-state index < -0.39 is 5.82 Å². The molecule has 1 aliphatic carbocycles. The summed E-state index contributed by atoms with van der Waals surface area (Å²) in [7, 11) is 1.65. The van der Waals surface area contributed by atoms with Crippen LogP contribution in [-0.2, 0) is 19.1 Å². The molecule has 1 heterocycles. The summed E-state index contributed by atoms with van der Waals surface area (Å²) in [4.78, 5) is 38.1. The van der Waals surface area contributed by atoms with Gasteiger partial charge in [0.15, 0.2) is 0 Å². The van der Waals surface area contributed by atoms with E-state index in [4.69, 9.17) is 4.74 Å². The average Bonchev–Trinajstić information content (AvgIpc) is 3.10. The number of carbonyl (C=O) groups excluding carboxylic acids is 3. The van der Waals surface area contributed by atoms with E-state index in [-0.39, 0.29) is 48.4 Å². The van der Waals surface area contributed by atoms with E-state index in [1.54, 1.807) is 24.1 Å². The monoisotopic (exact) mass is 419 g/mol. The van der Waals surface area contributed by atoms with E-state index in [9.17, 15) is 18.8 Å². The number of rotatable bonds is 6. The number of ether oxygens (including phenoxy) is 1. The van der Waals surface area contributed by atoms with Crippen molar-refractivity contribution in [3.8, 4) is 0 Å². The zero-order chi connectivity index (χ0) is 21.8. The Balaban J connectivity index is 1.50. The predicted molar refractivity (Wildman–Crippen MR) is 110 cm³/mol. The molecule has 3 amide bonds. The summed E-state index contributed by atoms with van der Waals surface area (Å²) in [6, 6.07) is 4.46. The SMILES string of the molecule is CO[C@@H]1C[C@H]2CN(C(=O)CCC(=O)Nc3cc(C)ccc3F)C[C@H]2C[C@H]1NC(C)=O. The van der Waals surface area contributed by atoms with Crippen molar-refractivity contribution >= 4 is 23.4 Å². The summed E-state index contributed by atoms with van der Waals surface area (Å²) in [5.74, 6) is -0.386. The summed E-state index contributed by atoms with van der Waals surface area (Å²) in [6.07, 6.45) is 1.61. The van der Waals surface area contributed by atoms with Crippen LogP contribution >= 0.6 is 0 Å². The normalized spacial score (nSPS) is 25.5. The number of likely N-dealkylation sites (tertiary alicyclic amines) is 1. The molecule has 0 radical (unpaired) electrons. The number of hydrogen-bond acceptors (Lipinski definition) is 4. The van der Waals surface area contributed by atoms with Gasteiger partial charge in [0.05, 0.1) is 17.8 Å². The number of anilines is 1. The highest BCUT2D eigenvalue weighted by molar-refractivity contribution is 5.93. The first-order chi connectivity index (χ1) is 14.3. The molecule has 7 nitrogen and oxygen atoms in total. The third kappa shape index (κ3) is 5.36. The Morgan fingerprint density at radius 1 is 1.17 bits per heavy atom. The zero-order valence-corrected chi connectivity index (χ0v) is 17.7. The number of carbonyl (C=O) groups is 3. The fourth-order valence-electron chi connectivity index (χ4n) is 4.62. The molecule has 30 heavy (non-hydrogen) atoms. The molecule has 3 rings (SSSR count). The minimum atomic E-state index is -0.495. The van der Waals surface area contributed by atoms with Crippen LogP contribution in [0.15, 0.2) is 18.2 Å². The van der Waals surface area contributed by atoms with Crippen molar-refractivity contribution < 1.29 is 23.5 Å². The number of nitrogens with zero attached hydrogens (tertiary/aromatic N) is 1. The number of fused-ring (bicyclic) bond motifs is 1. The topological polar surface area (TPSA) is 87.7 Å². The van der Waals surface area contributed by atoms with Crippen LogP contribution in [0.25, 0.3) is 0 Å². The lowest BCUT2D eigenvalue weighted by atomic mass is 9.77. The molecule has 0 spiro atoms. The molecule has 2 fully saturated rings. The molecule has 0 bridgehead atoms. The van der Waals surface area contributed by atoms with E-state index in [0.717, 1.165) is 18.4 Å². The first kappa shape index (κ1) is 22.2. The van der Waals surface area contributed by atoms with Gasteiger partial charge in [0.1, 0.15) is 5.82 Å². The number of benzene rings is 1. The first-order valence-corrected chi connectivity index (χ1v) is 10.4. The van der Waals surface area contributed by atoms with Crippen LogP contribution in [0.1, 0.15) is 38.2 Å². The molecule has 0 aromatic heterocycles. The van der Waals surface area contributed by atoms with Crippen molar-refractivity contribution in [3.05, 3.63) is 29.6 Å². The summed E-state index contributed by atoms with van der Waals surface area (Å²) in [5, 5.41) is 5.50. The van der Waals surface area contributed by atoms with Gasteiger partial charge in [-0.1, -0.05) is 6.07 Å². The van der Waals surface area contributed by atoms with Gasteiger partial charge in [-0.2, -0.15) is 0 Å². The number of methoxy groups -OCH3 is 1. The number of aryl methyl sites for hydroxylation is 1. The van der Waals surface area contributed by atoms with Crippen LogP contribution in [-0.4, -0.2) is 55.0 Å². The van der Waals surface area contributed by atoms with Gasteiger partial charge in [-0.05, 0) is 49.3 Å². The molecule has 2 aliphatic rings. The molecular weight excluding hydrogens is 389 g/mol. The Kier molecular flexibility index (Phi) is 7.07. The Bertz CT molecular complexity index is 816. The predicted octanol–water partition coefficient (Wildman–Crippen LogP) is 2.24. The van der Waals surface area contributed by atoms with Crippen molar-refractivity contribution in [1.29, 1.82) is 0 Å². The van der Waals surface area contributed by atoms with Crippen LogP contribution in [0.5, 0.6) is 0 Å². The van der Waals surface area contributed by atoms with Crippen LogP contribution in [0.3, 0.4) is 0 Å². The van der Waals surface area contributed by atoms with Crippen molar-refractivity contribution in [2.24, 2.45) is 11.8 Å². The van der Waals surface area contributed by atoms with Crippen LogP contribution in [0, 0.1) is 24.6 Å². The van der Waals surface area contributed by atoms with Gasteiger partial charge in [-0.25, -0.2) is 4.39 Å². The molecule has 4 atom stereocenters. The van der Waals surface area contributed by atoms with Gasteiger partial charge in [0.2, 0.25) is 17.7 Å². The summed E-state index contributed by atoms with van der Waals surface area (Å²) in [6.45, 7) is 4.58. The highest BCUT2D eigenvalue weighted by atomic mass is 19.1. The van der Waals surface area contributed by atoms with Gasteiger partial charge >= 0.3 is 0 Å². The fourth-order valence-corrected chi connectivity index (χ4v) is 4.62. The van der Waals surface area contributed by atoms with Gasteiger partial charge < -0.3 is 20.3 Å². The molecule has 2 N–H and O–H groups in total. The van der Waals surface area contributed by atoms with E-state index in [1.165, 1.54) is 13.0 Å². The largest absolute Gasteiger partial charge is 0.379 e. The molecule has 1 aromatic rings. The lowest BCUT2D eigenvalue weighted by molar-refractivity contribution is -0.132. The molecule has 1 saturated heterocycles. The lowest BCUT2D eigenvalue weighted by Gasteiger charge is -2.37. The fraction of sp³-hybridized carbons (Fsp3) is 0.591. The number of amides is 3. The summed E-state index contributed by atoms with van der Waals surface area (Å²) in [5.41, 5.74) is 0.976. The Morgan fingerprint density at radius 2 is 1.87 bits per heavy atom.